The van der Waals surface area contributed by atoms with Crippen LogP contribution in [0.25, 0.3) is 10.8 Å². The molecule has 1 aromatic carbocycles. The maximum absolute atomic E-state index is 11.3. The number of aromatic nitrogens is 1. The number of nitrogens with one attached hydrogen (secondary N) is 1. The second-order valence-electron chi connectivity index (χ2n) is 4.94. The van der Waals surface area contributed by atoms with Crippen molar-refractivity contribution in [1.29, 1.82) is 0 Å². The first kappa shape index (κ1) is 13.5. The molecule has 1 unspecified atom stereocenters. The van der Waals surface area contributed by atoms with E-state index < -0.39 is 12.0 Å². The zero-order valence-corrected chi connectivity index (χ0v) is 11.1. The van der Waals surface area contributed by atoms with Crippen LogP contribution < -0.4 is 5.32 Å². The second-order valence-corrected chi connectivity index (χ2v) is 4.94. The first-order valence-corrected chi connectivity index (χ1v) is 6.38. The molecule has 0 aliphatic carbocycles. The highest BCUT2D eigenvalue weighted by atomic mass is 16.4. The Bertz CT molecular complexity index is 576. The first-order chi connectivity index (χ1) is 9.08. The number of rotatable bonds is 5. The van der Waals surface area contributed by atoms with Crippen LogP contribution in [0.15, 0.2) is 36.7 Å². The van der Waals surface area contributed by atoms with Gasteiger partial charge < -0.3 is 10.4 Å². The minimum Gasteiger partial charge on any atom is -0.480 e. The standard InChI is InChI=1S/C15H18N2O2/c1-10(2)17-14(15(18)19)7-12-9-16-8-11-5-3-4-6-13(11)12/h3-6,8-10,14,17H,7H2,1-2H3,(H,18,19). The van der Waals surface area contributed by atoms with Gasteiger partial charge in [0.05, 0.1) is 0 Å². The molecular formula is C15H18N2O2. The number of pyridine rings is 1. The fraction of sp³-hybridized carbons (Fsp3) is 0.333. The summed E-state index contributed by atoms with van der Waals surface area (Å²) < 4.78 is 0. The monoisotopic (exact) mass is 258 g/mol. The molecule has 0 aliphatic heterocycles. The Labute approximate surface area is 112 Å². The number of carboxylic acid groups (broad SMARTS) is 1. The smallest absolute Gasteiger partial charge is 0.321 e. The van der Waals surface area contributed by atoms with Crippen LogP contribution in [-0.4, -0.2) is 28.1 Å². The molecule has 0 bridgehead atoms. The maximum atomic E-state index is 11.3. The van der Waals surface area contributed by atoms with E-state index in [9.17, 15) is 9.90 Å². The molecule has 4 heteroatoms. The Morgan fingerprint density at radius 2 is 2.05 bits per heavy atom. The second kappa shape index (κ2) is 5.80. The Morgan fingerprint density at radius 3 is 2.74 bits per heavy atom. The van der Waals surface area contributed by atoms with Gasteiger partial charge in [-0.25, -0.2) is 0 Å². The molecule has 1 heterocycles. The lowest BCUT2D eigenvalue weighted by Gasteiger charge is -2.18. The molecule has 19 heavy (non-hydrogen) atoms. The van der Waals surface area contributed by atoms with Crippen molar-refractivity contribution in [3.63, 3.8) is 0 Å². The zero-order valence-electron chi connectivity index (χ0n) is 11.1. The predicted molar refractivity (Wildman–Crippen MR) is 75.1 cm³/mol. The van der Waals surface area contributed by atoms with E-state index in [0.29, 0.717) is 6.42 Å². The normalized spacial score (nSPS) is 12.8. The highest BCUT2D eigenvalue weighted by molar-refractivity contribution is 5.85. The summed E-state index contributed by atoms with van der Waals surface area (Å²) in [6.07, 6.45) is 3.98. The molecule has 4 nitrogen and oxygen atoms in total. The summed E-state index contributed by atoms with van der Waals surface area (Å²) >= 11 is 0. The molecule has 0 saturated carbocycles. The molecule has 0 spiro atoms. The third-order valence-corrected chi connectivity index (χ3v) is 3.01. The summed E-state index contributed by atoms with van der Waals surface area (Å²) in [6.45, 7) is 3.88. The SMILES string of the molecule is CC(C)NC(Cc1cncc2ccccc12)C(=O)O. The van der Waals surface area contributed by atoms with Crippen molar-refractivity contribution >= 4 is 16.7 Å². The lowest BCUT2D eigenvalue weighted by molar-refractivity contribution is -0.139. The molecule has 0 aliphatic rings. The third-order valence-electron chi connectivity index (χ3n) is 3.01. The van der Waals surface area contributed by atoms with E-state index in [4.69, 9.17) is 0 Å². The van der Waals surface area contributed by atoms with Crippen LogP contribution in [0, 0.1) is 0 Å². The summed E-state index contributed by atoms with van der Waals surface area (Å²) in [6, 6.07) is 7.43. The Hall–Kier alpha value is -1.94. The number of fused-ring (bicyclic) bond motifs is 1. The molecule has 1 atom stereocenters. The Kier molecular flexibility index (Phi) is 4.12. The van der Waals surface area contributed by atoms with Crippen molar-refractivity contribution in [2.75, 3.05) is 0 Å². The number of nitrogens with zero attached hydrogens (tertiary/aromatic N) is 1. The van der Waals surface area contributed by atoms with Crippen LogP contribution in [0.5, 0.6) is 0 Å². The molecule has 0 radical (unpaired) electrons. The summed E-state index contributed by atoms with van der Waals surface area (Å²) in [4.78, 5) is 15.5. The van der Waals surface area contributed by atoms with Crippen molar-refractivity contribution in [2.24, 2.45) is 0 Å². The van der Waals surface area contributed by atoms with Gasteiger partial charge in [-0.15, -0.1) is 0 Å². The molecule has 0 amide bonds. The Balaban J connectivity index is 2.31. The van der Waals surface area contributed by atoms with Gasteiger partial charge in [0.1, 0.15) is 6.04 Å². The number of carboxylic acids is 1. The van der Waals surface area contributed by atoms with Crippen LogP contribution in [-0.2, 0) is 11.2 Å². The average Bonchev–Trinajstić information content (AvgIpc) is 2.37. The highest BCUT2D eigenvalue weighted by Crippen LogP contribution is 2.18. The average molecular weight is 258 g/mol. The van der Waals surface area contributed by atoms with Gasteiger partial charge in [-0.2, -0.15) is 0 Å². The molecule has 100 valence electrons. The lowest BCUT2D eigenvalue weighted by atomic mass is 10.0. The predicted octanol–water partition coefficient (Wildman–Crippen LogP) is 2.23. The highest BCUT2D eigenvalue weighted by Gasteiger charge is 2.19. The fourth-order valence-electron chi connectivity index (χ4n) is 2.18. The molecular weight excluding hydrogens is 240 g/mol. The van der Waals surface area contributed by atoms with Gasteiger partial charge in [0, 0.05) is 30.2 Å². The van der Waals surface area contributed by atoms with E-state index in [1.165, 1.54) is 0 Å². The summed E-state index contributed by atoms with van der Waals surface area (Å²) in [5.41, 5.74) is 0.957. The van der Waals surface area contributed by atoms with Gasteiger partial charge in [-0.3, -0.25) is 9.78 Å². The van der Waals surface area contributed by atoms with Crippen molar-refractivity contribution < 1.29 is 9.90 Å². The number of carbonyl (C=O) groups is 1. The minimum atomic E-state index is -0.832. The third kappa shape index (κ3) is 3.29. The van der Waals surface area contributed by atoms with E-state index in [-0.39, 0.29) is 6.04 Å². The number of benzene rings is 1. The maximum Gasteiger partial charge on any atom is 0.321 e. The molecule has 2 N–H and O–H groups in total. The van der Waals surface area contributed by atoms with Crippen LogP contribution in [0.2, 0.25) is 0 Å². The van der Waals surface area contributed by atoms with E-state index in [1.807, 2.05) is 38.1 Å². The Morgan fingerprint density at radius 1 is 1.32 bits per heavy atom. The molecule has 2 aromatic rings. The van der Waals surface area contributed by atoms with Crippen molar-refractivity contribution in [1.82, 2.24) is 10.3 Å². The van der Waals surface area contributed by atoms with Crippen LogP contribution in [0.1, 0.15) is 19.4 Å². The van der Waals surface area contributed by atoms with Gasteiger partial charge in [0.15, 0.2) is 0 Å². The summed E-state index contributed by atoms with van der Waals surface area (Å²) in [7, 11) is 0. The van der Waals surface area contributed by atoms with Gasteiger partial charge in [0.25, 0.3) is 0 Å². The molecule has 2 rings (SSSR count). The lowest BCUT2D eigenvalue weighted by Crippen LogP contribution is -2.42. The van der Waals surface area contributed by atoms with Gasteiger partial charge in [0.2, 0.25) is 0 Å². The van der Waals surface area contributed by atoms with Crippen LogP contribution in [0.4, 0.5) is 0 Å². The van der Waals surface area contributed by atoms with Crippen molar-refractivity contribution in [3.8, 4) is 0 Å². The largest absolute Gasteiger partial charge is 0.480 e. The molecule has 1 aromatic heterocycles. The summed E-state index contributed by atoms with van der Waals surface area (Å²) in [5.74, 6) is -0.832. The summed E-state index contributed by atoms with van der Waals surface area (Å²) in [5, 5.41) is 14.4. The molecule has 0 saturated heterocycles. The van der Waals surface area contributed by atoms with Crippen molar-refractivity contribution in [2.45, 2.75) is 32.4 Å². The number of aliphatic carboxylic acids is 1. The first-order valence-electron chi connectivity index (χ1n) is 6.38. The number of hydrogen-bond donors (Lipinski definition) is 2. The van der Waals surface area contributed by atoms with Gasteiger partial charge in [-0.1, -0.05) is 38.1 Å². The zero-order chi connectivity index (χ0) is 13.8. The van der Waals surface area contributed by atoms with E-state index in [1.54, 1.807) is 12.4 Å². The molecule has 0 fully saturated rings. The topological polar surface area (TPSA) is 62.2 Å². The number of hydrogen-bond acceptors (Lipinski definition) is 3. The van der Waals surface area contributed by atoms with E-state index >= 15 is 0 Å². The minimum absolute atomic E-state index is 0.129. The van der Waals surface area contributed by atoms with Crippen LogP contribution >= 0.6 is 0 Å². The van der Waals surface area contributed by atoms with E-state index in [0.717, 1.165) is 16.3 Å². The van der Waals surface area contributed by atoms with E-state index in [2.05, 4.69) is 10.3 Å². The quantitative estimate of drug-likeness (QED) is 0.863. The van der Waals surface area contributed by atoms with Gasteiger partial charge >= 0.3 is 5.97 Å². The fourth-order valence-corrected chi connectivity index (χ4v) is 2.18. The van der Waals surface area contributed by atoms with Crippen LogP contribution in [0.3, 0.4) is 0 Å². The van der Waals surface area contributed by atoms with Crippen molar-refractivity contribution in [3.05, 3.63) is 42.2 Å². The van der Waals surface area contributed by atoms with Gasteiger partial charge in [-0.05, 0) is 10.9 Å².